The largest absolute Gasteiger partial charge is 0.497 e. The number of oxazole rings is 1. The van der Waals surface area contributed by atoms with Crippen molar-refractivity contribution in [3.05, 3.63) is 48.0 Å². The monoisotopic (exact) mass is 268 g/mol. The Morgan fingerprint density at radius 2 is 1.95 bits per heavy atom. The molecular weight excluding hydrogens is 252 g/mol. The lowest BCUT2D eigenvalue weighted by Crippen LogP contribution is -1.90. The fourth-order valence-electron chi connectivity index (χ4n) is 2.14. The Hall–Kier alpha value is -2.49. The summed E-state index contributed by atoms with van der Waals surface area (Å²) in [4.78, 5) is 4.51. The summed E-state index contributed by atoms with van der Waals surface area (Å²) in [5, 5.41) is 3.16. The molecule has 0 unspecified atom stereocenters. The van der Waals surface area contributed by atoms with Crippen molar-refractivity contribution in [3.8, 4) is 5.75 Å². The van der Waals surface area contributed by atoms with Crippen LogP contribution in [0.3, 0.4) is 0 Å². The van der Waals surface area contributed by atoms with Crippen molar-refractivity contribution in [2.24, 2.45) is 0 Å². The number of nitrogens with zero attached hydrogens (tertiary/aromatic N) is 1. The van der Waals surface area contributed by atoms with Crippen LogP contribution in [-0.4, -0.2) is 12.1 Å². The third-order valence-electron chi connectivity index (χ3n) is 3.22. The zero-order valence-corrected chi connectivity index (χ0v) is 11.5. The van der Waals surface area contributed by atoms with E-state index in [0.717, 1.165) is 29.0 Å². The molecule has 0 spiro atoms. The molecule has 0 saturated carbocycles. The summed E-state index contributed by atoms with van der Waals surface area (Å²) in [5.41, 5.74) is 3.83. The fourth-order valence-corrected chi connectivity index (χ4v) is 2.14. The van der Waals surface area contributed by atoms with Gasteiger partial charge in [0.1, 0.15) is 11.3 Å². The number of hydrogen-bond donors (Lipinski definition) is 1. The molecule has 1 aromatic heterocycles. The molecule has 1 heterocycles. The van der Waals surface area contributed by atoms with Crippen LogP contribution in [0.15, 0.2) is 46.9 Å². The molecule has 0 aliphatic heterocycles. The number of hydrogen-bond acceptors (Lipinski definition) is 4. The molecule has 0 bridgehead atoms. The van der Waals surface area contributed by atoms with Crippen LogP contribution in [0.1, 0.15) is 12.5 Å². The number of fused-ring (bicyclic) bond motifs is 1. The first-order chi connectivity index (χ1) is 9.80. The van der Waals surface area contributed by atoms with Crippen LogP contribution in [0.5, 0.6) is 5.75 Å². The van der Waals surface area contributed by atoms with E-state index in [2.05, 4.69) is 23.3 Å². The molecule has 0 saturated heterocycles. The van der Waals surface area contributed by atoms with Gasteiger partial charge in [0, 0.05) is 5.69 Å². The van der Waals surface area contributed by atoms with Crippen molar-refractivity contribution in [1.29, 1.82) is 0 Å². The number of nitrogens with one attached hydrogen (secondary N) is 1. The zero-order valence-electron chi connectivity index (χ0n) is 11.5. The van der Waals surface area contributed by atoms with Gasteiger partial charge in [-0.25, -0.2) is 0 Å². The average molecular weight is 268 g/mol. The Balaban J connectivity index is 1.90. The molecule has 0 fully saturated rings. The molecule has 0 aliphatic rings. The molecule has 3 aromatic rings. The van der Waals surface area contributed by atoms with Gasteiger partial charge in [-0.05, 0) is 42.3 Å². The molecule has 0 atom stereocenters. The summed E-state index contributed by atoms with van der Waals surface area (Å²) < 4.78 is 10.8. The van der Waals surface area contributed by atoms with E-state index >= 15 is 0 Å². The first-order valence-electron chi connectivity index (χ1n) is 6.59. The van der Waals surface area contributed by atoms with Gasteiger partial charge in [0.05, 0.1) is 7.11 Å². The van der Waals surface area contributed by atoms with Crippen molar-refractivity contribution in [1.82, 2.24) is 4.98 Å². The second kappa shape index (κ2) is 5.25. The Morgan fingerprint density at radius 3 is 2.65 bits per heavy atom. The van der Waals surface area contributed by atoms with Crippen LogP contribution in [0, 0.1) is 0 Å². The molecule has 0 radical (unpaired) electrons. The van der Waals surface area contributed by atoms with Crippen molar-refractivity contribution in [3.63, 3.8) is 0 Å². The normalized spacial score (nSPS) is 10.7. The van der Waals surface area contributed by atoms with Gasteiger partial charge in [-0.2, -0.15) is 4.98 Å². The molecule has 4 nitrogen and oxygen atoms in total. The minimum atomic E-state index is 0.506. The molecule has 0 amide bonds. The quantitative estimate of drug-likeness (QED) is 0.772. The highest BCUT2D eigenvalue weighted by atomic mass is 16.5. The number of aromatic nitrogens is 1. The van der Waals surface area contributed by atoms with Crippen LogP contribution in [-0.2, 0) is 6.42 Å². The molecule has 2 aromatic carbocycles. The Kier molecular flexibility index (Phi) is 3.29. The Bertz CT molecular complexity index is 717. The third-order valence-corrected chi connectivity index (χ3v) is 3.22. The third kappa shape index (κ3) is 2.32. The van der Waals surface area contributed by atoms with Crippen LogP contribution in [0.4, 0.5) is 11.7 Å². The molecule has 3 rings (SSSR count). The second-order valence-electron chi connectivity index (χ2n) is 4.49. The Labute approximate surface area is 117 Å². The van der Waals surface area contributed by atoms with Crippen LogP contribution >= 0.6 is 0 Å². The van der Waals surface area contributed by atoms with Crippen LogP contribution in [0.2, 0.25) is 0 Å². The number of aryl methyl sites for hydroxylation is 1. The van der Waals surface area contributed by atoms with E-state index in [1.165, 1.54) is 5.56 Å². The predicted octanol–water partition coefficient (Wildman–Crippen LogP) is 4.14. The second-order valence-corrected chi connectivity index (χ2v) is 4.49. The maximum absolute atomic E-state index is 5.72. The topological polar surface area (TPSA) is 47.3 Å². The lowest BCUT2D eigenvalue weighted by atomic mass is 10.1. The van der Waals surface area contributed by atoms with E-state index in [9.17, 15) is 0 Å². The van der Waals surface area contributed by atoms with Gasteiger partial charge in [0.25, 0.3) is 6.01 Å². The number of methoxy groups -OCH3 is 1. The lowest BCUT2D eigenvalue weighted by Gasteiger charge is -2.02. The van der Waals surface area contributed by atoms with Crippen LogP contribution in [0.25, 0.3) is 11.1 Å². The van der Waals surface area contributed by atoms with Gasteiger partial charge in [-0.1, -0.05) is 19.1 Å². The number of anilines is 2. The molecule has 102 valence electrons. The number of benzene rings is 2. The summed E-state index contributed by atoms with van der Waals surface area (Å²) in [6.07, 6.45) is 0.936. The van der Waals surface area contributed by atoms with E-state index in [1.54, 1.807) is 7.11 Å². The zero-order chi connectivity index (χ0) is 13.9. The van der Waals surface area contributed by atoms with E-state index in [1.807, 2.05) is 36.4 Å². The van der Waals surface area contributed by atoms with Gasteiger partial charge in [0.2, 0.25) is 0 Å². The molecule has 0 aliphatic carbocycles. The predicted molar refractivity (Wildman–Crippen MR) is 79.7 cm³/mol. The summed E-state index contributed by atoms with van der Waals surface area (Å²) in [6.45, 7) is 2.11. The number of rotatable bonds is 4. The standard InChI is InChI=1S/C16H16N2O2/c1-3-11-5-4-6-14-15(11)18-16(20-14)17-12-7-9-13(19-2)10-8-12/h4-10H,3H2,1-2H3,(H,17,18). The maximum atomic E-state index is 5.72. The minimum Gasteiger partial charge on any atom is -0.497 e. The Morgan fingerprint density at radius 1 is 1.15 bits per heavy atom. The van der Waals surface area contributed by atoms with Gasteiger partial charge in [0.15, 0.2) is 5.58 Å². The van der Waals surface area contributed by atoms with Crippen molar-refractivity contribution >= 4 is 22.8 Å². The first-order valence-corrected chi connectivity index (χ1v) is 6.59. The number of ether oxygens (including phenoxy) is 1. The smallest absolute Gasteiger partial charge is 0.300 e. The first kappa shape index (κ1) is 12.5. The molecule has 20 heavy (non-hydrogen) atoms. The molecular formula is C16H16N2O2. The lowest BCUT2D eigenvalue weighted by molar-refractivity contribution is 0.415. The number of para-hydroxylation sites is 1. The van der Waals surface area contributed by atoms with Gasteiger partial charge >= 0.3 is 0 Å². The highest BCUT2D eigenvalue weighted by Crippen LogP contribution is 2.25. The molecule has 4 heteroatoms. The van der Waals surface area contributed by atoms with E-state index in [4.69, 9.17) is 9.15 Å². The summed E-state index contributed by atoms with van der Waals surface area (Å²) >= 11 is 0. The van der Waals surface area contributed by atoms with Crippen molar-refractivity contribution < 1.29 is 9.15 Å². The van der Waals surface area contributed by atoms with Crippen molar-refractivity contribution in [2.45, 2.75) is 13.3 Å². The summed E-state index contributed by atoms with van der Waals surface area (Å²) in [7, 11) is 1.65. The van der Waals surface area contributed by atoms with E-state index in [-0.39, 0.29) is 0 Å². The summed E-state index contributed by atoms with van der Waals surface area (Å²) in [5.74, 6) is 0.821. The fraction of sp³-hybridized carbons (Fsp3) is 0.188. The highest BCUT2D eigenvalue weighted by molar-refractivity contribution is 5.78. The van der Waals surface area contributed by atoms with Gasteiger partial charge in [-0.15, -0.1) is 0 Å². The molecule has 1 N–H and O–H groups in total. The summed E-state index contributed by atoms with van der Waals surface area (Å²) in [6, 6.07) is 14.1. The highest BCUT2D eigenvalue weighted by Gasteiger charge is 2.08. The minimum absolute atomic E-state index is 0.506. The van der Waals surface area contributed by atoms with Crippen LogP contribution < -0.4 is 10.1 Å². The van der Waals surface area contributed by atoms with Gasteiger partial charge < -0.3 is 14.5 Å². The maximum Gasteiger partial charge on any atom is 0.300 e. The van der Waals surface area contributed by atoms with Crippen molar-refractivity contribution in [2.75, 3.05) is 12.4 Å². The van der Waals surface area contributed by atoms with Gasteiger partial charge in [-0.3, -0.25) is 0 Å². The SMILES string of the molecule is CCc1cccc2oc(Nc3ccc(OC)cc3)nc12. The average Bonchev–Trinajstić information content (AvgIpc) is 2.90. The van der Waals surface area contributed by atoms with E-state index < -0.39 is 0 Å². The van der Waals surface area contributed by atoms with E-state index in [0.29, 0.717) is 6.01 Å².